The number of carboxylic acid groups (broad SMARTS) is 1. The molecule has 12 heteroatoms. The molecule has 4 aromatic rings. The molecule has 0 amide bonds. The van der Waals surface area contributed by atoms with Crippen LogP contribution in [0.3, 0.4) is 0 Å². The number of aryl methyl sites for hydroxylation is 3. The standard InChI is InChI=1S/C30H30ClN5O5S/c1-17-22(6-7-25-28(17)33-34-35(25)2)24(13-27(37)38)19-10-18-4-3-5-23(18)20(11-19)15-36-16-30(8-9-30)41-29-26(42(36,39)40)12-21(31)14-32-29/h6-7,10-12,14,24H,3-5,8-9,13,15-16H2,1-2H3,(H,37,38)/t24-/m0/s1. The summed E-state index contributed by atoms with van der Waals surface area (Å²) in [7, 11) is -2.15. The summed E-state index contributed by atoms with van der Waals surface area (Å²) in [6.07, 6.45) is 5.45. The summed E-state index contributed by atoms with van der Waals surface area (Å²) in [5.74, 6) is -1.26. The quantitative estimate of drug-likeness (QED) is 0.338. The first-order chi connectivity index (χ1) is 20.0. The van der Waals surface area contributed by atoms with E-state index in [2.05, 4.69) is 21.4 Å². The van der Waals surface area contributed by atoms with Crippen LogP contribution in [0.5, 0.6) is 5.88 Å². The lowest BCUT2D eigenvalue weighted by Crippen LogP contribution is -2.38. The molecule has 0 bridgehead atoms. The normalized spacial score (nSPS) is 19.2. The van der Waals surface area contributed by atoms with E-state index < -0.39 is 27.5 Å². The SMILES string of the molecule is Cc1c([C@@H](CC(=O)O)c2cc3c(c(CN4CC5(CC5)Oc5ncc(Cl)cc5S4(=O)=O)c2)CCC3)ccc2c1nnn2C. The van der Waals surface area contributed by atoms with E-state index in [4.69, 9.17) is 16.3 Å². The molecule has 3 aliphatic rings. The van der Waals surface area contributed by atoms with Crippen molar-refractivity contribution in [3.63, 3.8) is 0 Å². The van der Waals surface area contributed by atoms with Gasteiger partial charge in [0.15, 0.2) is 0 Å². The molecule has 2 aliphatic carbocycles. The molecule has 0 radical (unpaired) electrons. The van der Waals surface area contributed by atoms with Crippen molar-refractivity contribution >= 4 is 38.6 Å². The lowest BCUT2D eigenvalue weighted by Gasteiger charge is -2.26. The van der Waals surface area contributed by atoms with Crippen LogP contribution >= 0.6 is 11.6 Å². The van der Waals surface area contributed by atoms with Crippen LogP contribution in [0.4, 0.5) is 0 Å². The van der Waals surface area contributed by atoms with Gasteiger partial charge in [0, 0.05) is 25.7 Å². The van der Waals surface area contributed by atoms with Crippen LogP contribution in [0.25, 0.3) is 11.0 Å². The van der Waals surface area contributed by atoms with Gasteiger partial charge in [0.1, 0.15) is 16.0 Å². The number of rotatable bonds is 6. The number of hydrogen-bond acceptors (Lipinski definition) is 7. The van der Waals surface area contributed by atoms with E-state index in [0.29, 0.717) is 0 Å². The Bertz CT molecular complexity index is 1880. The second kappa shape index (κ2) is 9.75. The number of benzene rings is 2. The number of ether oxygens (including phenoxy) is 1. The van der Waals surface area contributed by atoms with Crippen molar-refractivity contribution < 1.29 is 23.1 Å². The topological polar surface area (TPSA) is 128 Å². The van der Waals surface area contributed by atoms with Crippen molar-refractivity contribution in [1.82, 2.24) is 24.3 Å². The predicted molar refractivity (Wildman–Crippen MR) is 155 cm³/mol. The maximum absolute atomic E-state index is 14.0. The lowest BCUT2D eigenvalue weighted by molar-refractivity contribution is -0.137. The van der Waals surface area contributed by atoms with Gasteiger partial charge in [-0.25, -0.2) is 18.1 Å². The summed E-state index contributed by atoms with van der Waals surface area (Å²) < 4.78 is 37.4. The fraction of sp³-hybridized carbons (Fsp3) is 0.400. The van der Waals surface area contributed by atoms with E-state index in [1.165, 1.54) is 16.6 Å². The highest BCUT2D eigenvalue weighted by Crippen LogP contribution is 2.47. The van der Waals surface area contributed by atoms with Gasteiger partial charge in [-0.2, -0.15) is 4.31 Å². The number of aromatic nitrogens is 4. The van der Waals surface area contributed by atoms with Crippen molar-refractivity contribution in [3.05, 3.63) is 74.9 Å². The third-order valence-corrected chi connectivity index (χ3v) is 10.9. The monoisotopic (exact) mass is 607 g/mol. The molecule has 10 nitrogen and oxygen atoms in total. The van der Waals surface area contributed by atoms with Gasteiger partial charge in [-0.05, 0) is 84.5 Å². The highest BCUT2D eigenvalue weighted by atomic mass is 35.5. The Morgan fingerprint density at radius 3 is 2.79 bits per heavy atom. The lowest BCUT2D eigenvalue weighted by atomic mass is 9.83. The molecule has 7 rings (SSSR count). The summed E-state index contributed by atoms with van der Waals surface area (Å²) in [4.78, 5) is 16.4. The highest BCUT2D eigenvalue weighted by molar-refractivity contribution is 7.89. The van der Waals surface area contributed by atoms with Gasteiger partial charge in [-0.1, -0.05) is 35.0 Å². The van der Waals surface area contributed by atoms with E-state index >= 15 is 0 Å². The van der Waals surface area contributed by atoms with E-state index in [-0.39, 0.29) is 35.3 Å². The highest BCUT2D eigenvalue weighted by Gasteiger charge is 2.52. The molecule has 2 aromatic carbocycles. The number of carbonyl (C=O) groups is 1. The first-order valence-corrected chi connectivity index (χ1v) is 15.9. The van der Waals surface area contributed by atoms with Crippen molar-refractivity contribution in [2.24, 2.45) is 7.05 Å². The molecular weight excluding hydrogens is 578 g/mol. The van der Waals surface area contributed by atoms with Crippen LogP contribution in [0.2, 0.25) is 5.02 Å². The number of aliphatic carboxylic acids is 1. The Labute approximate surface area is 248 Å². The third kappa shape index (κ3) is 4.54. The third-order valence-electron chi connectivity index (χ3n) is 8.90. The van der Waals surface area contributed by atoms with Gasteiger partial charge in [-0.3, -0.25) is 4.79 Å². The number of fused-ring (bicyclic) bond motifs is 3. The van der Waals surface area contributed by atoms with Crippen LogP contribution in [0.1, 0.15) is 65.0 Å². The van der Waals surface area contributed by atoms with Crippen LogP contribution < -0.4 is 4.74 Å². The van der Waals surface area contributed by atoms with E-state index in [1.807, 2.05) is 32.2 Å². The van der Waals surface area contributed by atoms with Gasteiger partial charge in [0.2, 0.25) is 15.9 Å². The second-order valence-corrected chi connectivity index (χ2v) is 14.0. The Kier molecular flexibility index (Phi) is 6.34. The summed E-state index contributed by atoms with van der Waals surface area (Å²) in [6, 6.07) is 9.42. The van der Waals surface area contributed by atoms with Crippen molar-refractivity contribution in [1.29, 1.82) is 0 Å². The zero-order valence-electron chi connectivity index (χ0n) is 23.3. The average molecular weight is 608 g/mol. The number of pyridine rings is 1. The molecular formula is C30H30ClN5O5S. The molecule has 3 heterocycles. The fourth-order valence-electron chi connectivity index (χ4n) is 6.56. The second-order valence-electron chi connectivity index (χ2n) is 11.7. The minimum Gasteiger partial charge on any atom is -0.481 e. The zero-order valence-corrected chi connectivity index (χ0v) is 24.9. The Morgan fingerprint density at radius 1 is 1.21 bits per heavy atom. The average Bonchev–Trinajstić information content (AvgIpc) is 3.35. The van der Waals surface area contributed by atoms with Crippen LogP contribution in [-0.4, -0.2) is 55.9 Å². The molecule has 1 N–H and O–H groups in total. The first-order valence-electron chi connectivity index (χ1n) is 14.0. The molecule has 2 aromatic heterocycles. The van der Waals surface area contributed by atoms with Crippen LogP contribution in [0.15, 0.2) is 41.4 Å². The van der Waals surface area contributed by atoms with Crippen LogP contribution in [-0.2, 0) is 41.3 Å². The molecule has 1 spiro atoms. The summed E-state index contributed by atoms with van der Waals surface area (Å²) in [5, 5.41) is 18.7. The summed E-state index contributed by atoms with van der Waals surface area (Å²) in [6.45, 7) is 2.31. The zero-order chi connectivity index (χ0) is 29.4. The minimum absolute atomic E-state index is 0.0248. The molecule has 42 heavy (non-hydrogen) atoms. The van der Waals surface area contributed by atoms with Crippen LogP contribution in [0, 0.1) is 6.92 Å². The van der Waals surface area contributed by atoms with Crippen molar-refractivity contribution in [2.45, 2.75) is 68.4 Å². The predicted octanol–water partition coefficient (Wildman–Crippen LogP) is 4.54. The summed E-state index contributed by atoms with van der Waals surface area (Å²) >= 11 is 6.18. The van der Waals surface area contributed by atoms with E-state index in [0.717, 1.165) is 76.5 Å². The molecule has 1 atom stereocenters. The van der Waals surface area contributed by atoms with Gasteiger partial charge in [-0.15, -0.1) is 5.10 Å². The minimum atomic E-state index is -3.97. The first kappa shape index (κ1) is 27.3. The molecule has 0 saturated heterocycles. The number of hydrogen-bond donors (Lipinski definition) is 1. The number of carboxylic acids is 1. The molecule has 1 aliphatic heterocycles. The Hall–Kier alpha value is -3.54. The number of halogens is 1. The maximum atomic E-state index is 14.0. The Morgan fingerprint density at radius 2 is 2.02 bits per heavy atom. The summed E-state index contributed by atoms with van der Waals surface area (Å²) in [5.41, 5.74) is 6.81. The van der Waals surface area contributed by atoms with E-state index in [9.17, 15) is 18.3 Å². The molecule has 218 valence electrons. The van der Waals surface area contributed by atoms with Crippen molar-refractivity contribution in [2.75, 3.05) is 6.54 Å². The maximum Gasteiger partial charge on any atom is 0.304 e. The van der Waals surface area contributed by atoms with Crippen molar-refractivity contribution in [3.8, 4) is 5.88 Å². The fourth-order valence-corrected chi connectivity index (χ4v) is 8.36. The number of sulfonamides is 1. The number of nitrogens with zero attached hydrogens (tertiary/aromatic N) is 5. The van der Waals surface area contributed by atoms with Gasteiger partial charge in [0.25, 0.3) is 0 Å². The van der Waals surface area contributed by atoms with Gasteiger partial charge >= 0.3 is 5.97 Å². The molecule has 1 fully saturated rings. The smallest absolute Gasteiger partial charge is 0.304 e. The van der Waals surface area contributed by atoms with E-state index in [1.54, 1.807) is 4.68 Å². The molecule has 1 saturated carbocycles. The van der Waals surface area contributed by atoms with Gasteiger partial charge < -0.3 is 9.84 Å². The largest absolute Gasteiger partial charge is 0.481 e. The molecule has 0 unspecified atom stereocenters. The van der Waals surface area contributed by atoms with Gasteiger partial charge in [0.05, 0.1) is 23.5 Å². The Balaban J connectivity index is 1.33.